The number of carbonyl (C=O) groups excluding carboxylic acids is 3. The molecular formula is C24H25NO6. The van der Waals surface area contributed by atoms with Gasteiger partial charge in [-0.3, -0.25) is 19.3 Å². The van der Waals surface area contributed by atoms with Crippen molar-refractivity contribution >= 4 is 17.7 Å². The molecule has 1 fully saturated rings. The van der Waals surface area contributed by atoms with Gasteiger partial charge in [0.2, 0.25) is 0 Å². The molecule has 3 unspecified atom stereocenters. The van der Waals surface area contributed by atoms with E-state index in [-0.39, 0.29) is 31.3 Å². The molecule has 0 aliphatic carbocycles. The number of nitrogens with zero attached hydrogens (tertiary/aromatic N) is 1. The van der Waals surface area contributed by atoms with E-state index in [4.69, 9.17) is 14.2 Å². The number of hydrogen-bond donors (Lipinski definition) is 0. The number of carbonyl (C=O) groups is 3. The number of hydrogen-bond acceptors (Lipinski definition) is 7. The minimum atomic E-state index is -1.49. The predicted octanol–water partition coefficient (Wildman–Crippen LogP) is 3.29. The van der Waals surface area contributed by atoms with Crippen LogP contribution in [0, 0.1) is 0 Å². The van der Waals surface area contributed by atoms with E-state index in [1.807, 2.05) is 41.3 Å². The Morgan fingerprint density at radius 2 is 1.65 bits per heavy atom. The Labute approximate surface area is 180 Å². The summed E-state index contributed by atoms with van der Waals surface area (Å²) in [6.07, 6.45) is 0.232. The molecule has 2 aliphatic rings. The van der Waals surface area contributed by atoms with E-state index in [0.29, 0.717) is 11.3 Å². The summed E-state index contributed by atoms with van der Waals surface area (Å²) in [5.74, 6) is -2.06. The largest absolute Gasteiger partial charge is 0.450 e. The average molecular weight is 423 g/mol. The van der Waals surface area contributed by atoms with Gasteiger partial charge in [-0.15, -0.1) is 0 Å². The Hall–Kier alpha value is -3.19. The summed E-state index contributed by atoms with van der Waals surface area (Å²) in [6, 6.07) is 16.3. The lowest BCUT2D eigenvalue weighted by Gasteiger charge is -2.56. The van der Waals surface area contributed by atoms with Crippen LogP contribution in [-0.2, 0) is 19.1 Å². The first kappa shape index (κ1) is 21.1. The van der Waals surface area contributed by atoms with Gasteiger partial charge < -0.3 is 14.2 Å². The molecule has 31 heavy (non-hydrogen) atoms. The molecule has 2 heterocycles. The second-order valence-electron chi connectivity index (χ2n) is 8.23. The van der Waals surface area contributed by atoms with Crippen molar-refractivity contribution in [3.05, 3.63) is 65.7 Å². The van der Waals surface area contributed by atoms with Crippen molar-refractivity contribution in [2.75, 3.05) is 13.1 Å². The second-order valence-corrected chi connectivity index (χ2v) is 8.23. The maximum atomic E-state index is 13.0. The van der Waals surface area contributed by atoms with Gasteiger partial charge in [0, 0.05) is 44.0 Å². The Kier molecular flexibility index (Phi) is 5.31. The highest BCUT2D eigenvalue weighted by Crippen LogP contribution is 2.52. The average Bonchev–Trinajstić information content (AvgIpc) is 2.71. The van der Waals surface area contributed by atoms with Crippen LogP contribution >= 0.6 is 0 Å². The van der Waals surface area contributed by atoms with Crippen molar-refractivity contribution in [3.8, 4) is 5.75 Å². The van der Waals surface area contributed by atoms with Gasteiger partial charge in [-0.2, -0.15) is 0 Å². The van der Waals surface area contributed by atoms with Crippen LogP contribution in [0.5, 0.6) is 5.75 Å². The number of rotatable bonds is 5. The van der Waals surface area contributed by atoms with Crippen LogP contribution in [0.25, 0.3) is 0 Å². The van der Waals surface area contributed by atoms with Gasteiger partial charge in [0.15, 0.2) is 11.4 Å². The molecule has 7 heteroatoms. The zero-order valence-corrected chi connectivity index (χ0v) is 17.8. The van der Waals surface area contributed by atoms with Crippen molar-refractivity contribution in [1.82, 2.24) is 4.90 Å². The summed E-state index contributed by atoms with van der Waals surface area (Å²) in [6.45, 7) is 4.57. The maximum absolute atomic E-state index is 13.0. The van der Waals surface area contributed by atoms with Crippen molar-refractivity contribution in [3.63, 3.8) is 0 Å². The lowest BCUT2D eigenvalue weighted by atomic mass is 9.78. The molecule has 0 radical (unpaired) electrons. The van der Waals surface area contributed by atoms with Crippen molar-refractivity contribution in [1.29, 1.82) is 0 Å². The molecule has 2 aromatic rings. The van der Waals surface area contributed by atoms with Crippen LogP contribution in [0.4, 0.5) is 0 Å². The predicted molar refractivity (Wildman–Crippen MR) is 111 cm³/mol. The molecule has 4 rings (SSSR count). The van der Waals surface area contributed by atoms with E-state index in [0.717, 1.165) is 5.56 Å². The van der Waals surface area contributed by atoms with Gasteiger partial charge >= 0.3 is 11.9 Å². The highest BCUT2D eigenvalue weighted by Gasteiger charge is 2.64. The number of Topliss-reactive ketones (excluding diaryl/α,β-unsaturated/α-hetero) is 1. The Morgan fingerprint density at radius 3 is 2.32 bits per heavy atom. The molecular weight excluding hydrogens is 398 g/mol. The standard InChI is InChI=1S/C24H25NO6/c1-16(26)29-23(3)15-25(14-21(28)18-9-5-4-6-10-18)20-13-24(23,30-17(2)27)31-22-12-8-7-11-19(20)22/h4-12,20H,13-15H2,1-3H3. The maximum Gasteiger partial charge on any atom is 0.306 e. The molecule has 0 amide bonds. The fourth-order valence-electron chi connectivity index (χ4n) is 4.60. The van der Waals surface area contributed by atoms with E-state index in [1.54, 1.807) is 25.1 Å². The highest BCUT2D eigenvalue weighted by molar-refractivity contribution is 5.97. The first-order chi connectivity index (χ1) is 14.7. The van der Waals surface area contributed by atoms with Crippen LogP contribution in [0.1, 0.15) is 49.2 Å². The number of likely N-dealkylation sites (tertiary alicyclic amines) is 1. The fourth-order valence-corrected chi connectivity index (χ4v) is 4.60. The van der Waals surface area contributed by atoms with Gasteiger partial charge in [-0.25, -0.2) is 0 Å². The van der Waals surface area contributed by atoms with Crippen molar-refractivity contribution in [2.45, 2.75) is 44.6 Å². The van der Waals surface area contributed by atoms with E-state index < -0.39 is 23.3 Å². The molecule has 0 saturated carbocycles. The molecule has 2 aliphatic heterocycles. The summed E-state index contributed by atoms with van der Waals surface area (Å²) >= 11 is 0. The molecule has 162 valence electrons. The lowest BCUT2D eigenvalue weighted by molar-refractivity contribution is -0.305. The minimum absolute atomic E-state index is 0.0465. The van der Waals surface area contributed by atoms with Gasteiger partial charge in [-0.05, 0) is 13.0 Å². The monoisotopic (exact) mass is 423 g/mol. The van der Waals surface area contributed by atoms with Crippen LogP contribution in [0.3, 0.4) is 0 Å². The number of para-hydroxylation sites is 1. The summed E-state index contributed by atoms with van der Waals surface area (Å²) in [5, 5.41) is 0. The van der Waals surface area contributed by atoms with Crippen LogP contribution in [0.2, 0.25) is 0 Å². The first-order valence-corrected chi connectivity index (χ1v) is 10.2. The zero-order chi connectivity index (χ0) is 22.2. The lowest BCUT2D eigenvalue weighted by Crippen LogP contribution is -2.71. The van der Waals surface area contributed by atoms with E-state index in [9.17, 15) is 14.4 Å². The second kappa shape index (κ2) is 7.81. The van der Waals surface area contributed by atoms with Gasteiger partial charge in [0.25, 0.3) is 5.79 Å². The molecule has 0 spiro atoms. The van der Waals surface area contributed by atoms with Crippen molar-refractivity contribution in [2.24, 2.45) is 0 Å². The van der Waals surface area contributed by atoms with Gasteiger partial charge in [-0.1, -0.05) is 48.5 Å². The molecule has 7 nitrogen and oxygen atoms in total. The third kappa shape index (κ3) is 3.81. The van der Waals surface area contributed by atoms with Crippen LogP contribution in [-0.4, -0.2) is 47.1 Å². The number of fused-ring (bicyclic) bond motifs is 4. The molecule has 2 bridgehead atoms. The number of ether oxygens (including phenoxy) is 3. The fraction of sp³-hybridized carbons (Fsp3) is 0.375. The topological polar surface area (TPSA) is 82.1 Å². The Morgan fingerprint density at radius 1 is 1.00 bits per heavy atom. The summed E-state index contributed by atoms with van der Waals surface area (Å²) in [5.41, 5.74) is 0.191. The van der Waals surface area contributed by atoms with Gasteiger partial charge in [0.05, 0.1) is 6.54 Å². The Bertz CT molecular complexity index is 1020. The third-order valence-corrected chi connectivity index (χ3v) is 5.89. The van der Waals surface area contributed by atoms with E-state index >= 15 is 0 Å². The third-order valence-electron chi connectivity index (χ3n) is 5.89. The number of benzene rings is 2. The number of ketones is 1. The summed E-state index contributed by atoms with van der Waals surface area (Å²) in [4.78, 5) is 39.0. The highest BCUT2D eigenvalue weighted by atomic mass is 16.7. The number of esters is 2. The van der Waals surface area contributed by atoms with Crippen molar-refractivity contribution < 1.29 is 28.6 Å². The summed E-state index contributed by atoms with van der Waals surface area (Å²) < 4.78 is 17.6. The summed E-state index contributed by atoms with van der Waals surface area (Å²) in [7, 11) is 0. The smallest absolute Gasteiger partial charge is 0.306 e. The Balaban J connectivity index is 1.77. The van der Waals surface area contributed by atoms with E-state index in [2.05, 4.69) is 0 Å². The number of piperidine rings is 1. The first-order valence-electron chi connectivity index (χ1n) is 10.2. The molecule has 3 atom stereocenters. The molecule has 1 saturated heterocycles. The molecule has 0 aromatic heterocycles. The van der Waals surface area contributed by atoms with Gasteiger partial charge in [0.1, 0.15) is 5.75 Å². The SMILES string of the molecule is CC(=O)OC1(C)CN(CC(=O)c2ccccc2)C2CC1(OC(C)=O)Oc1ccccc12. The molecule has 2 aromatic carbocycles. The zero-order valence-electron chi connectivity index (χ0n) is 17.8. The minimum Gasteiger partial charge on any atom is -0.450 e. The molecule has 0 N–H and O–H groups in total. The quantitative estimate of drug-likeness (QED) is 0.539. The normalized spacial score (nSPS) is 26.9. The van der Waals surface area contributed by atoms with Crippen LogP contribution in [0.15, 0.2) is 54.6 Å². The van der Waals surface area contributed by atoms with Crippen LogP contribution < -0.4 is 4.74 Å². The van der Waals surface area contributed by atoms with E-state index in [1.165, 1.54) is 13.8 Å².